The highest BCUT2D eigenvalue weighted by molar-refractivity contribution is 6.31. The summed E-state index contributed by atoms with van der Waals surface area (Å²) >= 11 is 6.60. The fourth-order valence-corrected chi connectivity index (χ4v) is 5.15. The number of benzene rings is 2. The largest absolute Gasteiger partial charge is 0.344 e. The standard InChI is InChI=1S/C32H34ClN5O3/c1-19(2)38-18-24(10-14-29(38)39)23-9-13-27(33)25(15-23)16-28(36-31(40)22-5-6-22)32(41)35-26-11-7-21(8-12-26)30-20(3)17-34-37(30)4/h7-15,17-19,22,28H,5-6,16H2,1-4H3,(H,35,41)(H,36,40). The third-order valence-electron chi connectivity index (χ3n) is 7.43. The van der Waals surface area contributed by atoms with Crippen LogP contribution in [0.4, 0.5) is 5.69 Å². The maximum Gasteiger partial charge on any atom is 0.250 e. The Kier molecular flexibility index (Phi) is 8.13. The van der Waals surface area contributed by atoms with E-state index in [0.29, 0.717) is 10.7 Å². The van der Waals surface area contributed by atoms with Gasteiger partial charge in [0.25, 0.3) is 5.56 Å². The van der Waals surface area contributed by atoms with Crippen molar-refractivity contribution in [2.75, 3.05) is 5.32 Å². The minimum absolute atomic E-state index is 0.0159. The third-order valence-corrected chi connectivity index (χ3v) is 7.79. The molecule has 0 spiro atoms. The maximum atomic E-state index is 13.5. The van der Waals surface area contributed by atoms with Crippen LogP contribution in [0.15, 0.2) is 71.8 Å². The molecule has 2 aromatic heterocycles. The van der Waals surface area contributed by atoms with Gasteiger partial charge in [0.05, 0.1) is 11.9 Å². The lowest BCUT2D eigenvalue weighted by molar-refractivity contribution is -0.127. The van der Waals surface area contributed by atoms with E-state index in [1.54, 1.807) is 22.8 Å². The molecule has 212 valence electrons. The topological polar surface area (TPSA) is 98.0 Å². The van der Waals surface area contributed by atoms with Gasteiger partial charge in [-0.3, -0.25) is 19.1 Å². The number of nitrogens with one attached hydrogen (secondary N) is 2. The van der Waals surface area contributed by atoms with Crippen molar-refractivity contribution in [2.24, 2.45) is 13.0 Å². The zero-order valence-electron chi connectivity index (χ0n) is 23.6. The molecule has 2 heterocycles. The van der Waals surface area contributed by atoms with Crippen LogP contribution >= 0.6 is 11.6 Å². The molecule has 41 heavy (non-hydrogen) atoms. The van der Waals surface area contributed by atoms with Gasteiger partial charge in [0, 0.05) is 54.0 Å². The quantitative estimate of drug-likeness (QED) is 0.276. The van der Waals surface area contributed by atoms with E-state index in [9.17, 15) is 14.4 Å². The Bertz CT molecular complexity index is 1630. The molecule has 5 rings (SSSR count). The molecule has 9 heteroatoms. The van der Waals surface area contributed by atoms with Crippen LogP contribution in [-0.2, 0) is 23.1 Å². The van der Waals surface area contributed by atoms with Gasteiger partial charge in [0.15, 0.2) is 0 Å². The Morgan fingerprint density at radius 1 is 1.02 bits per heavy atom. The molecule has 0 bridgehead atoms. The fourth-order valence-electron chi connectivity index (χ4n) is 4.96. The van der Waals surface area contributed by atoms with Crippen LogP contribution in [0.1, 0.15) is 43.9 Å². The summed E-state index contributed by atoms with van der Waals surface area (Å²) in [5.41, 5.74) is 6.08. The normalized spacial score (nSPS) is 13.7. The number of nitrogens with zero attached hydrogens (tertiary/aromatic N) is 3. The second kappa shape index (κ2) is 11.7. The number of pyridine rings is 1. The molecule has 1 aliphatic carbocycles. The lowest BCUT2D eigenvalue weighted by Crippen LogP contribution is -2.45. The molecule has 1 saturated carbocycles. The molecule has 0 saturated heterocycles. The number of carbonyl (C=O) groups is 2. The second-order valence-electron chi connectivity index (χ2n) is 11.0. The van der Waals surface area contributed by atoms with Crippen LogP contribution in [0.2, 0.25) is 5.02 Å². The van der Waals surface area contributed by atoms with E-state index in [1.165, 1.54) is 0 Å². The first-order chi connectivity index (χ1) is 19.6. The molecule has 4 aromatic rings. The van der Waals surface area contributed by atoms with Gasteiger partial charge in [0.1, 0.15) is 6.04 Å². The van der Waals surface area contributed by atoms with E-state index in [4.69, 9.17) is 11.6 Å². The lowest BCUT2D eigenvalue weighted by Gasteiger charge is -2.20. The zero-order valence-corrected chi connectivity index (χ0v) is 24.4. The van der Waals surface area contributed by atoms with Crippen LogP contribution in [0.5, 0.6) is 0 Å². The van der Waals surface area contributed by atoms with Crippen molar-refractivity contribution >= 4 is 29.1 Å². The Balaban J connectivity index is 1.38. The van der Waals surface area contributed by atoms with Crippen LogP contribution in [0, 0.1) is 12.8 Å². The summed E-state index contributed by atoms with van der Waals surface area (Å²) in [6.45, 7) is 5.92. The summed E-state index contributed by atoms with van der Waals surface area (Å²) in [7, 11) is 1.90. The Morgan fingerprint density at radius 2 is 1.71 bits per heavy atom. The predicted octanol–water partition coefficient (Wildman–Crippen LogP) is 5.53. The minimum Gasteiger partial charge on any atom is -0.344 e. The molecule has 2 aromatic carbocycles. The van der Waals surface area contributed by atoms with Crippen molar-refractivity contribution in [1.29, 1.82) is 0 Å². The Morgan fingerprint density at radius 3 is 2.34 bits per heavy atom. The molecule has 1 unspecified atom stereocenters. The number of rotatable bonds is 9. The van der Waals surface area contributed by atoms with E-state index in [1.807, 2.05) is 81.3 Å². The smallest absolute Gasteiger partial charge is 0.250 e. The molecule has 1 aliphatic rings. The molecule has 1 fully saturated rings. The molecular formula is C32H34ClN5O3. The van der Waals surface area contributed by atoms with Crippen molar-refractivity contribution in [2.45, 2.75) is 52.1 Å². The Labute approximate surface area is 244 Å². The van der Waals surface area contributed by atoms with Gasteiger partial charge in [-0.1, -0.05) is 29.8 Å². The third kappa shape index (κ3) is 6.43. The highest BCUT2D eigenvalue weighted by Crippen LogP contribution is 2.30. The minimum atomic E-state index is -0.820. The van der Waals surface area contributed by atoms with Gasteiger partial charge in [0.2, 0.25) is 11.8 Å². The summed E-state index contributed by atoms with van der Waals surface area (Å²) in [5.74, 6) is -0.493. The molecule has 2 amide bonds. The lowest BCUT2D eigenvalue weighted by atomic mass is 9.99. The monoisotopic (exact) mass is 571 g/mol. The fraction of sp³-hybridized carbons (Fsp3) is 0.312. The van der Waals surface area contributed by atoms with E-state index in [2.05, 4.69) is 15.7 Å². The van der Waals surface area contributed by atoms with Crippen molar-refractivity contribution in [3.63, 3.8) is 0 Å². The number of hydrogen-bond donors (Lipinski definition) is 2. The number of amides is 2. The van der Waals surface area contributed by atoms with Crippen molar-refractivity contribution in [3.8, 4) is 22.4 Å². The second-order valence-corrected chi connectivity index (χ2v) is 11.4. The summed E-state index contributed by atoms with van der Waals surface area (Å²) < 4.78 is 3.50. The average molecular weight is 572 g/mol. The van der Waals surface area contributed by atoms with Crippen LogP contribution in [-0.4, -0.2) is 32.2 Å². The van der Waals surface area contributed by atoms with E-state index in [0.717, 1.165) is 46.4 Å². The summed E-state index contributed by atoms with van der Waals surface area (Å²) in [6, 6.07) is 15.7. The maximum absolute atomic E-state index is 13.5. The first kappa shape index (κ1) is 28.4. The van der Waals surface area contributed by atoms with E-state index >= 15 is 0 Å². The first-order valence-corrected chi connectivity index (χ1v) is 14.2. The molecular weight excluding hydrogens is 538 g/mol. The number of halogens is 1. The SMILES string of the molecule is Cc1cnn(C)c1-c1ccc(NC(=O)C(Cc2cc(-c3ccc(=O)n(C(C)C)c3)ccc2Cl)NC(=O)C2CC2)cc1. The number of aromatic nitrogens is 3. The predicted molar refractivity (Wildman–Crippen MR) is 162 cm³/mol. The summed E-state index contributed by atoms with van der Waals surface area (Å²) in [4.78, 5) is 38.5. The van der Waals surface area contributed by atoms with Gasteiger partial charge < -0.3 is 15.2 Å². The van der Waals surface area contributed by atoms with E-state index < -0.39 is 6.04 Å². The molecule has 0 radical (unpaired) electrons. The number of aryl methyl sites for hydroxylation is 2. The molecule has 1 atom stereocenters. The van der Waals surface area contributed by atoms with Gasteiger partial charge in [-0.2, -0.15) is 5.10 Å². The highest BCUT2D eigenvalue weighted by Gasteiger charge is 2.33. The number of hydrogen-bond acceptors (Lipinski definition) is 4. The van der Waals surface area contributed by atoms with Crippen molar-refractivity contribution < 1.29 is 9.59 Å². The van der Waals surface area contributed by atoms with Crippen LogP contribution in [0.3, 0.4) is 0 Å². The summed E-state index contributed by atoms with van der Waals surface area (Å²) in [6.07, 6.45) is 5.52. The van der Waals surface area contributed by atoms with Gasteiger partial charge in [-0.05, 0) is 86.2 Å². The first-order valence-electron chi connectivity index (χ1n) is 13.8. The van der Waals surface area contributed by atoms with Gasteiger partial charge >= 0.3 is 0 Å². The highest BCUT2D eigenvalue weighted by atomic mass is 35.5. The average Bonchev–Trinajstić information content (AvgIpc) is 3.74. The van der Waals surface area contributed by atoms with Crippen LogP contribution in [0.25, 0.3) is 22.4 Å². The van der Waals surface area contributed by atoms with Crippen molar-refractivity contribution in [1.82, 2.24) is 19.7 Å². The van der Waals surface area contributed by atoms with Crippen molar-refractivity contribution in [3.05, 3.63) is 93.5 Å². The molecule has 8 nitrogen and oxygen atoms in total. The molecule has 0 aliphatic heterocycles. The summed E-state index contributed by atoms with van der Waals surface area (Å²) in [5, 5.41) is 10.7. The number of carbonyl (C=O) groups excluding carboxylic acids is 2. The van der Waals surface area contributed by atoms with Gasteiger partial charge in [-0.25, -0.2) is 0 Å². The Hall–Kier alpha value is -4.17. The molecule has 2 N–H and O–H groups in total. The van der Waals surface area contributed by atoms with Crippen LogP contribution < -0.4 is 16.2 Å². The van der Waals surface area contributed by atoms with E-state index in [-0.39, 0.29) is 35.8 Å². The number of anilines is 1. The zero-order chi connectivity index (χ0) is 29.3. The van der Waals surface area contributed by atoms with Gasteiger partial charge in [-0.15, -0.1) is 0 Å².